The number of aryl methyl sites for hydroxylation is 1. The molecule has 0 saturated carbocycles. The van der Waals surface area contributed by atoms with Crippen molar-refractivity contribution in [2.75, 3.05) is 25.0 Å². The van der Waals surface area contributed by atoms with E-state index in [1.165, 1.54) is 12.1 Å². The fourth-order valence-electron chi connectivity index (χ4n) is 3.11. The van der Waals surface area contributed by atoms with Gasteiger partial charge in [-0.25, -0.2) is 9.37 Å². The molecule has 158 valence electrons. The van der Waals surface area contributed by atoms with Gasteiger partial charge in [0.2, 0.25) is 5.91 Å². The van der Waals surface area contributed by atoms with Crippen LogP contribution in [0.5, 0.6) is 0 Å². The van der Waals surface area contributed by atoms with E-state index in [1.54, 1.807) is 12.1 Å². The number of nitrogens with zero attached hydrogens (tertiary/aromatic N) is 2. The fraction of sp³-hybridized carbons (Fsp3) is 0.318. The van der Waals surface area contributed by atoms with E-state index in [1.807, 2.05) is 32.2 Å². The van der Waals surface area contributed by atoms with Crippen molar-refractivity contribution in [2.45, 2.75) is 26.7 Å². The molecule has 0 atom stereocenters. The Labute approximate surface area is 175 Å². The summed E-state index contributed by atoms with van der Waals surface area (Å²) in [4.78, 5) is 23.9. The minimum Gasteiger partial charge on any atom is -0.361 e. The zero-order valence-corrected chi connectivity index (χ0v) is 17.3. The number of pyridine rings is 1. The number of guanidine groups is 1. The average Bonchev–Trinajstić information content (AvgIpc) is 3.10. The smallest absolute Gasteiger partial charge is 0.227 e. The van der Waals surface area contributed by atoms with Crippen molar-refractivity contribution in [3.05, 3.63) is 59.7 Å². The van der Waals surface area contributed by atoms with Gasteiger partial charge in [0.25, 0.3) is 0 Å². The Morgan fingerprint density at radius 3 is 2.90 bits per heavy atom. The third kappa shape index (κ3) is 6.04. The summed E-state index contributed by atoms with van der Waals surface area (Å²) in [7, 11) is 0. The summed E-state index contributed by atoms with van der Waals surface area (Å²) in [5, 5.41) is 10.2. The Kier molecular flexibility index (Phi) is 7.37. The maximum absolute atomic E-state index is 13.3. The van der Waals surface area contributed by atoms with E-state index < -0.39 is 0 Å². The number of aromatic nitrogens is 2. The number of fused-ring (bicyclic) bond motifs is 1. The Bertz CT molecular complexity index is 1030. The number of aliphatic imine (C=N–C) groups is 1. The van der Waals surface area contributed by atoms with E-state index in [-0.39, 0.29) is 18.1 Å². The monoisotopic (exact) mass is 410 g/mol. The van der Waals surface area contributed by atoms with Crippen molar-refractivity contribution >= 4 is 28.6 Å². The van der Waals surface area contributed by atoms with Crippen LogP contribution in [0, 0.1) is 12.7 Å². The standard InChI is InChI=1S/C22H27FN6O/c1-3-24-22(26-12-10-21(30)29-20-6-4-5-15(2)28-20)25-11-9-16-14-27-19-13-17(23)7-8-18(16)19/h4-8,13-14,27H,3,9-12H2,1-2H3,(H2,24,25,26)(H,28,29,30). The SMILES string of the molecule is CCNC(=NCCC(=O)Nc1cccc(C)n1)NCCc1c[nH]c2cc(F)ccc12. The molecule has 3 rings (SSSR count). The van der Waals surface area contributed by atoms with Gasteiger partial charge in [-0.15, -0.1) is 0 Å². The molecule has 0 unspecified atom stereocenters. The number of amides is 1. The zero-order valence-electron chi connectivity index (χ0n) is 17.3. The molecular weight excluding hydrogens is 383 g/mol. The fourth-order valence-corrected chi connectivity index (χ4v) is 3.11. The van der Waals surface area contributed by atoms with Gasteiger partial charge in [-0.05, 0) is 56.2 Å². The molecule has 1 aromatic carbocycles. The lowest BCUT2D eigenvalue weighted by Gasteiger charge is -2.11. The zero-order chi connectivity index (χ0) is 21.3. The van der Waals surface area contributed by atoms with E-state index in [4.69, 9.17) is 0 Å². The topological polar surface area (TPSA) is 94.2 Å². The predicted molar refractivity (Wildman–Crippen MR) is 118 cm³/mol. The molecule has 2 heterocycles. The van der Waals surface area contributed by atoms with Gasteiger partial charge in [-0.3, -0.25) is 9.79 Å². The highest BCUT2D eigenvalue weighted by molar-refractivity contribution is 5.90. The van der Waals surface area contributed by atoms with Crippen LogP contribution in [0.4, 0.5) is 10.2 Å². The summed E-state index contributed by atoms with van der Waals surface area (Å²) in [6, 6.07) is 10.2. The molecule has 0 aliphatic rings. The molecule has 8 heteroatoms. The van der Waals surface area contributed by atoms with Gasteiger partial charge < -0.3 is 20.9 Å². The number of benzene rings is 1. The lowest BCUT2D eigenvalue weighted by atomic mass is 10.1. The molecule has 0 aliphatic carbocycles. The van der Waals surface area contributed by atoms with E-state index >= 15 is 0 Å². The Morgan fingerprint density at radius 1 is 1.23 bits per heavy atom. The van der Waals surface area contributed by atoms with Crippen LogP contribution in [0.15, 0.2) is 47.6 Å². The number of hydrogen-bond donors (Lipinski definition) is 4. The van der Waals surface area contributed by atoms with Gasteiger partial charge in [0, 0.05) is 42.3 Å². The molecule has 3 aromatic rings. The van der Waals surface area contributed by atoms with Crippen LogP contribution in [-0.4, -0.2) is 41.5 Å². The highest BCUT2D eigenvalue weighted by atomic mass is 19.1. The highest BCUT2D eigenvalue weighted by Gasteiger charge is 2.06. The molecule has 0 fully saturated rings. The van der Waals surface area contributed by atoms with Crippen molar-refractivity contribution in [2.24, 2.45) is 4.99 Å². The van der Waals surface area contributed by atoms with E-state index in [0.29, 0.717) is 24.9 Å². The maximum Gasteiger partial charge on any atom is 0.227 e. The molecule has 7 nitrogen and oxygen atoms in total. The summed E-state index contributed by atoms with van der Waals surface area (Å²) >= 11 is 0. The third-order valence-corrected chi connectivity index (χ3v) is 4.53. The van der Waals surface area contributed by atoms with Crippen LogP contribution >= 0.6 is 0 Å². The second-order valence-corrected chi connectivity index (χ2v) is 6.90. The Hall–Kier alpha value is -3.42. The quantitative estimate of drug-likeness (QED) is 0.339. The first kappa shape index (κ1) is 21.3. The Balaban J connectivity index is 1.48. The number of H-pyrrole nitrogens is 1. The second kappa shape index (κ2) is 10.4. The Morgan fingerprint density at radius 2 is 2.10 bits per heavy atom. The van der Waals surface area contributed by atoms with Crippen molar-refractivity contribution < 1.29 is 9.18 Å². The number of nitrogens with one attached hydrogen (secondary N) is 4. The van der Waals surface area contributed by atoms with Crippen LogP contribution in [0.1, 0.15) is 24.6 Å². The first-order chi connectivity index (χ1) is 14.5. The lowest BCUT2D eigenvalue weighted by Crippen LogP contribution is -2.38. The second-order valence-electron chi connectivity index (χ2n) is 6.90. The highest BCUT2D eigenvalue weighted by Crippen LogP contribution is 2.19. The van der Waals surface area contributed by atoms with Crippen LogP contribution in [0.2, 0.25) is 0 Å². The van der Waals surface area contributed by atoms with Gasteiger partial charge in [-0.2, -0.15) is 0 Å². The van der Waals surface area contributed by atoms with E-state index in [0.717, 1.165) is 35.1 Å². The first-order valence-electron chi connectivity index (χ1n) is 10.1. The lowest BCUT2D eigenvalue weighted by molar-refractivity contribution is -0.116. The normalized spacial score (nSPS) is 11.5. The molecule has 30 heavy (non-hydrogen) atoms. The summed E-state index contributed by atoms with van der Waals surface area (Å²) in [5.41, 5.74) is 2.75. The van der Waals surface area contributed by atoms with Gasteiger partial charge in [0.1, 0.15) is 11.6 Å². The van der Waals surface area contributed by atoms with E-state index in [2.05, 4.69) is 30.9 Å². The third-order valence-electron chi connectivity index (χ3n) is 4.53. The predicted octanol–water partition coefficient (Wildman–Crippen LogP) is 3.14. The molecule has 4 N–H and O–H groups in total. The van der Waals surface area contributed by atoms with Crippen molar-refractivity contribution in [3.63, 3.8) is 0 Å². The minimum absolute atomic E-state index is 0.126. The van der Waals surface area contributed by atoms with Gasteiger partial charge in [-0.1, -0.05) is 6.07 Å². The maximum atomic E-state index is 13.3. The van der Waals surface area contributed by atoms with Gasteiger partial charge in [0.05, 0.1) is 6.54 Å². The summed E-state index contributed by atoms with van der Waals surface area (Å²) in [6.07, 6.45) is 2.93. The van der Waals surface area contributed by atoms with Crippen LogP contribution < -0.4 is 16.0 Å². The molecule has 0 aliphatic heterocycles. The molecule has 2 aromatic heterocycles. The van der Waals surface area contributed by atoms with Crippen molar-refractivity contribution in [3.8, 4) is 0 Å². The van der Waals surface area contributed by atoms with E-state index in [9.17, 15) is 9.18 Å². The summed E-state index contributed by atoms with van der Waals surface area (Å²) in [5.74, 6) is 0.828. The number of hydrogen-bond acceptors (Lipinski definition) is 3. The summed E-state index contributed by atoms with van der Waals surface area (Å²) < 4.78 is 13.3. The van der Waals surface area contributed by atoms with Gasteiger partial charge >= 0.3 is 0 Å². The first-order valence-corrected chi connectivity index (χ1v) is 10.1. The number of aromatic amines is 1. The van der Waals surface area contributed by atoms with Crippen LogP contribution in [0.25, 0.3) is 10.9 Å². The minimum atomic E-state index is -0.252. The number of rotatable bonds is 8. The molecule has 0 spiro atoms. The van der Waals surface area contributed by atoms with Crippen molar-refractivity contribution in [1.29, 1.82) is 0 Å². The largest absolute Gasteiger partial charge is 0.361 e. The number of anilines is 1. The summed E-state index contributed by atoms with van der Waals surface area (Å²) in [6.45, 7) is 5.61. The number of carbonyl (C=O) groups excluding carboxylic acids is 1. The molecule has 1 amide bonds. The van der Waals surface area contributed by atoms with Crippen LogP contribution in [0.3, 0.4) is 0 Å². The molecule has 0 saturated heterocycles. The average molecular weight is 410 g/mol. The van der Waals surface area contributed by atoms with Crippen molar-refractivity contribution in [1.82, 2.24) is 20.6 Å². The van der Waals surface area contributed by atoms with Crippen LogP contribution in [-0.2, 0) is 11.2 Å². The molecular formula is C22H27FN6O. The molecule has 0 bridgehead atoms. The number of carbonyl (C=O) groups is 1. The van der Waals surface area contributed by atoms with Gasteiger partial charge in [0.15, 0.2) is 5.96 Å². The number of halogens is 1. The molecule has 0 radical (unpaired) electrons.